The summed E-state index contributed by atoms with van der Waals surface area (Å²) in [7, 11) is 0. The van der Waals surface area contributed by atoms with Gasteiger partial charge in [-0.3, -0.25) is 9.69 Å². The summed E-state index contributed by atoms with van der Waals surface area (Å²) in [4.78, 5) is 26.4. The number of amides is 1. The van der Waals surface area contributed by atoms with Crippen LogP contribution in [0.1, 0.15) is 52.6 Å². The Hall–Kier alpha value is -3.53. The number of nitrogens with two attached hydrogens (primary N) is 2. The van der Waals surface area contributed by atoms with Gasteiger partial charge < -0.3 is 16.4 Å². The van der Waals surface area contributed by atoms with Gasteiger partial charge in [0.2, 0.25) is 0 Å². The van der Waals surface area contributed by atoms with Gasteiger partial charge in [0.15, 0.2) is 17.3 Å². The Labute approximate surface area is 202 Å². The van der Waals surface area contributed by atoms with Gasteiger partial charge >= 0.3 is 0 Å². The highest BCUT2D eigenvalue weighted by Gasteiger charge is 2.46. The van der Waals surface area contributed by atoms with E-state index in [1.165, 1.54) is 6.07 Å². The van der Waals surface area contributed by atoms with Gasteiger partial charge in [-0.25, -0.2) is 19.0 Å². The molecule has 0 radical (unpaired) electrons. The largest absolute Gasteiger partial charge is 0.382 e. The van der Waals surface area contributed by atoms with Crippen molar-refractivity contribution in [3.63, 3.8) is 0 Å². The number of nitrogens with zero attached hydrogens (tertiary/aromatic N) is 6. The molecule has 10 heteroatoms. The lowest BCUT2D eigenvalue weighted by molar-refractivity contribution is 0.0977. The second-order valence-electron chi connectivity index (χ2n) is 9.94. The predicted molar refractivity (Wildman–Crippen MR) is 131 cm³/mol. The molecule has 35 heavy (non-hydrogen) atoms. The summed E-state index contributed by atoms with van der Waals surface area (Å²) in [5.74, 6) is 1.09. The Kier molecular flexibility index (Phi) is 5.03. The van der Waals surface area contributed by atoms with Crippen LogP contribution in [0.5, 0.6) is 0 Å². The fourth-order valence-electron chi connectivity index (χ4n) is 6.02. The van der Waals surface area contributed by atoms with Gasteiger partial charge in [0.25, 0.3) is 5.91 Å². The number of hydrogen-bond acceptors (Lipinski definition) is 7. The lowest BCUT2D eigenvalue weighted by Crippen LogP contribution is -2.45. The van der Waals surface area contributed by atoms with E-state index in [9.17, 15) is 9.18 Å². The summed E-state index contributed by atoms with van der Waals surface area (Å²) in [6, 6.07) is 6.62. The van der Waals surface area contributed by atoms with Crippen molar-refractivity contribution in [1.82, 2.24) is 19.7 Å². The molecule has 1 aliphatic carbocycles. The molecule has 0 saturated carbocycles. The summed E-state index contributed by atoms with van der Waals surface area (Å²) in [6.45, 7) is 4.73. The van der Waals surface area contributed by atoms with E-state index < -0.39 is 0 Å². The van der Waals surface area contributed by atoms with Gasteiger partial charge in [-0.1, -0.05) is 6.07 Å². The predicted octanol–water partition coefficient (Wildman–Crippen LogP) is 2.60. The quantitative estimate of drug-likeness (QED) is 0.583. The third kappa shape index (κ3) is 3.46. The number of rotatable bonds is 2. The maximum atomic E-state index is 13.8. The lowest BCUT2D eigenvalue weighted by atomic mass is 9.73. The van der Waals surface area contributed by atoms with E-state index in [-0.39, 0.29) is 34.7 Å². The van der Waals surface area contributed by atoms with Crippen LogP contribution in [0.4, 0.5) is 21.8 Å². The zero-order chi connectivity index (χ0) is 24.3. The zero-order valence-electron chi connectivity index (χ0n) is 19.7. The molecule has 0 bridgehead atoms. The van der Waals surface area contributed by atoms with Crippen molar-refractivity contribution in [2.45, 2.75) is 45.2 Å². The number of hydrogen-bond donors (Lipinski definition) is 2. The van der Waals surface area contributed by atoms with Crippen molar-refractivity contribution in [1.29, 1.82) is 0 Å². The van der Waals surface area contributed by atoms with Crippen LogP contribution in [0, 0.1) is 18.2 Å². The molecule has 4 heterocycles. The number of carbonyl (C=O) groups excluding carboxylic acids is 1. The van der Waals surface area contributed by atoms with E-state index in [2.05, 4.69) is 20.0 Å². The molecule has 1 unspecified atom stereocenters. The van der Waals surface area contributed by atoms with E-state index >= 15 is 0 Å². The summed E-state index contributed by atoms with van der Waals surface area (Å²) < 4.78 is 15.6. The van der Waals surface area contributed by atoms with Crippen LogP contribution in [-0.2, 0) is 13.0 Å². The molecule has 6 rings (SSSR count). The maximum absolute atomic E-state index is 13.8. The third-order valence-electron chi connectivity index (χ3n) is 7.95. The first-order chi connectivity index (χ1) is 16.9. The molecular formula is C25H29FN8O. The second kappa shape index (κ2) is 8.01. The number of aryl methyl sites for hydroxylation is 2. The van der Waals surface area contributed by atoms with Crippen LogP contribution in [0.15, 0.2) is 30.5 Å². The van der Waals surface area contributed by atoms with E-state index in [1.54, 1.807) is 17.2 Å². The van der Waals surface area contributed by atoms with Crippen LogP contribution < -0.4 is 21.3 Å². The average molecular weight is 477 g/mol. The van der Waals surface area contributed by atoms with Crippen molar-refractivity contribution in [3.8, 4) is 0 Å². The van der Waals surface area contributed by atoms with Gasteiger partial charge in [0, 0.05) is 38.3 Å². The molecule has 182 valence electrons. The molecule has 2 aromatic heterocycles. The normalized spacial score (nSPS) is 20.7. The van der Waals surface area contributed by atoms with Crippen molar-refractivity contribution in [3.05, 3.63) is 58.8 Å². The Morgan fingerprint density at radius 1 is 1.14 bits per heavy atom. The summed E-state index contributed by atoms with van der Waals surface area (Å²) in [6.07, 6.45) is 5.11. The molecule has 3 aromatic rings. The van der Waals surface area contributed by atoms with Crippen LogP contribution in [0.25, 0.3) is 0 Å². The number of nitrogen functional groups attached to an aromatic ring is 1. The fraction of sp³-hybridized carbons (Fsp3) is 0.440. The highest BCUT2D eigenvalue weighted by Crippen LogP contribution is 2.51. The molecule has 3 aliphatic rings. The number of aromatic nitrogens is 4. The van der Waals surface area contributed by atoms with E-state index in [4.69, 9.17) is 11.5 Å². The van der Waals surface area contributed by atoms with Crippen molar-refractivity contribution < 1.29 is 9.18 Å². The number of fused-ring (bicyclic) bond motifs is 2. The lowest BCUT2D eigenvalue weighted by Gasteiger charge is -2.43. The summed E-state index contributed by atoms with van der Waals surface area (Å²) in [5.41, 5.74) is 15.8. The van der Waals surface area contributed by atoms with Gasteiger partial charge in [0.1, 0.15) is 11.6 Å². The van der Waals surface area contributed by atoms with Crippen LogP contribution in [-0.4, -0.2) is 45.3 Å². The first-order valence-electron chi connectivity index (χ1n) is 12.1. The minimum Gasteiger partial charge on any atom is -0.382 e. The molecule has 1 aromatic carbocycles. The monoisotopic (exact) mass is 476 g/mol. The van der Waals surface area contributed by atoms with Crippen molar-refractivity contribution in [2.24, 2.45) is 11.1 Å². The first kappa shape index (κ1) is 22.0. The highest BCUT2D eigenvalue weighted by atomic mass is 19.1. The SMILES string of the molecule is Cc1nc(C(=O)N2CCCn3nccc32)c(N)nc1N1CCC2(CC1)Cc1ccc(F)cc1C2N. The second-order valence-corrected chi connectivity index (χ2v) is 9.94. The van der Waals surface area contributed by atoms with E-state index in [0.29, 0.717) is 18.1 Å². The number of piperidine rings is 1. The molecule has 1 saturated heterocycles. The Morgan fingerprint density at radius 3 is 2.74 bits per heavy atom. The molecule has 1 amide bonds. The molecule has 1 fully saturated rings. The Balaban J connectivity index is 1.21. The number of carbonyl (C=O) groups is 1. The van der Waals surface area contributed by atoms with Crippen molar-refractivity contribution in [2.75, 3.05) is 35.2 Å². The Bertz CT molecular complexity index is 1310. The van der Waals surface area contributed by atoms with Gasteiger partial charge in [0.05, 0.1) is 11.9 Å². The summed E-state index contributed by atoms with van der Waals surface area (Å²) >= 11 is 0. The number of benzene rings is 1. The van der Waals surface area contributed by atoms with Crippen LogP contribution >= 0.6 is 0 Å². The van der Waals surface area contributed by atoms with Gasteiger partial charge in [-0.05, 0) is 61.3 Å². The summed E-state index contributed by atoms with van der Waals surface area (Å²) in [5, 5.41) is 4.27. The highest BCUT2D eigenvalue weighted by molar-refractivity contribution is 6.07. The molecule has 1 atom stereocenters. The maximum Gasteiger partial charge on any atom is 0.281 e. The average Bonchev–Trinajstić information content (AvgIpc) is 3.44. The Morgan fingerprint density at radius 2 is 1.94 bits per heavy atom. The topological polar surface area (TPSA) is 119 Å². The van der Waals surface area contributed by atoms with Crippen LogP contribution in [0.2, 0.25) is 0 Å². The van der Waals surface area contributed by atoms with E-state index in [1.807, 2.05) is 23.7 Å². The molecular weight excluding hydrogens is 447 g/mol. The van der Waals surface area contributed by atoms with Gasteiger partial charge in [-0.15, -0.1) is 0 Å². The minimum absolute atomic E-state index is 0.0768. The van der Waals surface area contributed by atoms with E-state index in [0.717, 1.165) is 62.3 Å². The first-order valence-corrected chi connectivity index (χ1v) is 12.1. The standard InChI is InChI=1S/C25H29FN8O/c1-15-23(31-22(28)20(30-15)24(35)33-9-2-10-34-19(33)5-8-29-34)32-11-6-25(7-12-32)14-16-3-4-17(26)13-18(16)21(25)27/h3-5,8,13,21H,2,6-7,9-12,14,27H2,1H3,(H2,28,31). The zero-order valence-corrected chi connectivity index (χ0v) is 19.7. The number of anilines is 3. The van der Waals surface area contributed by atoms with Crippen molar-refractivity contribution >= 4 is 23.4 Å². The number of halogens is 1. The molecule has 1 spiro atoms. The third-order valence-corrected chi connectivity index (χ3v) is 7.95. The smallest absolute Gasteiger partial charge is 0.281 e. The molecule has 2 aliphatic heterocycles. The molecule has 4 N–H and O–H groups in total. The molecule has 9 nitrogen and oxygen atoms in total. The van der Waals surface area contributed by atoms with Gasteiger partial charge in [-0.2, -0.15) is 5.10 Å². The fourth-order valence-corrected chi connectivity index (χ4v) is 6.02. The van der Waals surface area contributed by atoms with Crippen LogP contribution in [0.3, 0.4) is 0 Å². The minimum atomic E-state index is -0.259.